The van der Waals surface area contributed by atoms with Crippen molar-refractivity contribution in [1.29, 1.82) is 0 Å². The third kappa shape index (κ3) is 3.26. The number of hydrogen-bond acceptors (Lipinski definition) is 3. The number of aromatic nitrogens is 3. The molecular weight excluding hydrogens is 164 g/mol. The molecule has 0 atom stereocenters. The van der Waals surface area contributed by atoms with Crippen LogP contribution >= 0.6 is 0 Å². The van der Waals surface area contributed by atoms with Crippen molar-refractivity contribution in [3.63, 3.8) is 0 Å². The van der Waals surface area contributed by atoms with Gasteiger partial charge in [-0.2, -0.15) is 0 Å². The van der Waals surface area contributed by atoms with Crippen LogP contribution in [0.3, 0.4) is 0 Å². The summed E-state index contributed by atoms with van der Waals surface area (Å²) in [6, 6.07) is 0. The van der Waals surface area contributed by atoms with E-state index < -0.39 is 0 Å². The molecule has 13 heavy (non-hydrogen) atoms. The topological polar surface area (TPSA) is 42.7 Å². The van der Waals surface area contributed by atoms with Crippen LogP contribution < -0.4 is 5.32 Å². The smallest absolute Gasteiger partial charge is 0.133 e. The summed E-state index contributed by atoms with van der Waals surface area (Å²) in [5, 5.41) is 11.0. The van der Waals surface area contributed by atoms with Gasteiger partial charge in [-0.15, -0.1) is 16.1 Å². The molecule has 1 aromatic rings. The monoisotopic (exact) mass is 178 g/mol. The minimum Gasteiger partial charge on any atom is -0.321 e. The molecule has 0 spiro atoms. The number of aryl methyl sites for hydroxylation is 1. The van der Waals surface area contributed by atoms with Crippen LogP contribution in [-0.4, -0.2) is 27.9 Å². The van der Waals surface area contributed by atoms with E-state index in [1.165, 1.54) is 0 Å². The summed E-state index contributed by atoms with van der Waals surface area (Å²) in [7, 11) is 1.95. The molecule has 0 saturated carbocycles. The number of nitrogens with one attached hydrogen (secondary N) is 1. The van der Waals surface area contributed by atoms with Gasteiger partial charge in [-0.3, -0.25) is 0 Å². The first-order chi connectivity index (χ1) is 6.34. The van der Waals surface area contributed by atoms with E-state index >= 15 is 0 Å². The molecule has 1 N–H and O–H groups in total. The first-order valence-corrected chi connectivity index (χ1v) is 4.28. The molecule has 0 radical (unpaired) electrons. The lowest BCUT2D eigenvalue weighted by atomic mass is 10.4. The van der Waals surface area contributed by atoms with Gasteiger partial charge in [-0.1, -0.05) is 5.92 Å². The van der Waals surface area contributed by atoms with Crippen molar-refractivity contribution in [2.45, 2.75) is 13.3 Å². The lowest BCUT2D eigenvalue weighted by molar-refractivity contribution is 0.696. The first-order valence-electron chi connectivity index (χ1n) is 4.28. The molecule has 0 fully saturated rings. The quantitative estimate of drug-likeness (QED) is 0.520. The van der Waals surface area contributed by atoms with Gasteiger partial charge in [0, 0.05) is 20.0 Å². The zero-order chi connectivity index (χ0) is 9.52. The van der Waals surface area contributed by atoms with Crippen molar-refractivity contribution in [2.75, 3.05) is 13.1 Å². The highest BCUT2D eigenvalue weighted by atomic mass is 15.2. The average Bonchev–Trinajstić information content (AvgIpc) is 2.52. The Labute approximate surface area is 78.4 Å². The number of rotatable bonds is 4. The molecule has 70 valence electrons. The SMILES string of the molecule is CC#CCNCCc1nncn1C. The lowest BCUT2D eigenvalue weighted by Crippen LogP contribution is -2.18. The van der Waals surface area contributed by atoms with E-state index in [-0.39, 0.29) is 0 Å². The molecular formula is C9H14N4. The Kier molecular flexibility index (Phi) is 4.00. The van der Waals surface area contributed by atoms with Crippen molar-refractivity contribution in [3.8, 4) is 11.8 Å². The van der Waals surface area contributed by atoms with Crippen LogP contribution in [0.2, 0.25) is 0 Å². The third-order valence-corrected chi connectivity index (χ3v) is 1.72. The zero-order valence-electron chi connectivity index (χ0n) is 8.04. The molecule has 0 saturated heterocycles. The van der Waals surface area contributed by atoms with Gasteiger partial charge in [0.2, 0.25) is 0 Å². The van der Waals surface area contributed by atoms with E-state index in [0.717, 1.165) is 25.3 Å². The van der Waals surface area contributed by atoms with E-state index in [1.54, 1.807) is 6.33 Å². The average molecular weight is 178 g/mol. The molecule has 0 aliphatic rings. The van der Waals surface area contributed by atoms with Crippen LogP contribution in [0.4, 0.5) is 0 Å². The van der Waals surface area contributed by atoms with Crippen LogP contribution in [0.5, 0.6) is 0 Å². The largest absolute Gasteiger partial charge is 0.321 e. The summed E-state index contributed by atoms with van der Waals surface area (Å²) in [4.78, 5) is 0. The molecule has 4 heteroatoms. The Balaban J connectivity index is 2.19. The van der Waals surface area contributed by atoms with E-state index in [1.807, 2.05) is 18.5 Å². The van der Waals surface area contributed by atoms with Gasteiger partial charge in [-0.25, -0.2) is 0 Å². The van der Waals surface area contributed by atoms with Crippen molar-refractivity contribution in [2.24, 2.45) is 7.05 Å². The normalized spacial score (nSPS) is 9.38. The van der Waals surface area contributed by atoms with Gasteiger partial charge in [0.15, 0.2) is 0 Å². The van der Waals surface area contributed by atoms with E-state index in [4.69, 9.17) is 0 Å². The molecule has 0 amide bonds. The van der Waals surface area contributed by atoms with Crippen molar-refractivity contribution in [1.82, 2.24) is 20.1 Å². The van der Waals surface area contributed by atoms with Crippen LogP contribution in [0.15, 0.2) is 6.33 Å². The Morgan fingerprint density at radius 2 is 2.46 bits per heavy atom. The highest BCUT2D eigenvalue weighted by molar-refractivity contribution is 4.97. The van der Waals surface area contributed by atoms with Gasteiger partial charge in [-0.05, 0) is 6.92 Å². The van der Waals surface area contributed by atoms with E-state index in [0.29, 0.717) is 0 Å². The highest BCUT2D eigenvalue weighted by Gasteiger charge is 1.97. The Morgan fingerprint density at radius 3 is 3.08 bits per heavy atom. The van der Waals surface area contributed by atoms with Crippen LogP contribution in [0, 0.1) is 11.8 Å². The van der Waals surface area contributed by atoms with Crippen LogP contribution in [0.1, 0.15) is 12.7 Å². The molecule has 1 rings (SSSR count). The fourth-order valence-corrected chi connectivity index (χ4v) is 0.973. The van der Waals surface area contributed by atoms with Gasteiger partial charge >= 0.3 is 0 Å². The lowest BCUT2D eigenvalue weighted by Gasteiger charge is -1.99. The second kappa shape index (κ2) is 5.33. The molecule has 0 aliphatic heterocycles. The van der Waals surface area contributed by atoms with E-state index in [2.05, 4.69) is 27.4 Å². The van der Waals surface area contributed by atoms with Crippen LogP contribution in [-0.2, 0) is 13.5 Å². The minimum atomic E-state index is 0.744. The number of hydrogen-bond donors (Lipinski definition) is 1. The molecule has 0 aliphatic carbocycles. The maximum atomic E-state index is 3.97. The predicted molar refractivity (Wildman–Crippen MR) is 51.0 cm³/mol. The second-order valence-corrected chi connectivity index (χ2v) is 2.71. The van der Waals surface area contributed by atoms with Crippen molar-refractivity contribution >= 4 is 0 Å². The van der Waals surface area contributed by atoms with Gasteiger partial charge < -0.3 is 9.88 Å². The molecule has 0 unspecified atom stereocenters. The highest BCUT2D eigenvalue weighted by Crippen LogP contribution is 1.90. The van der Waals surface area contributed by atoms with Crippen LogP contribution in [0.25, 0.3) is 0 Å². The predicted octanol–water partition coefficient (Wildman–Crippen LogP) is -0.0295. The molecule has 1 heterocycles. The third-order valence-electron chi connectivity index (χ3n) is 1.72. The maximum absolute atomic E-state index is 3.97. The van der Waals surface area contributed by atoms with Crippen molar-refractivity contribution in [3.05, 3.63) is 12.2 Å². The van der Waals surface area contributed by atoms with Gasteiger partial charge in [0.05, 0.1) is 6.54 Å². The fourth-order valence-electron chi connectivity index (χ4n) is 0.973. The maximum Gasteiger partial charge on any atom is 0.133 e. The first kappa shape index (κ1) is 9.75. The summed E-state index contributed by atoms with van der Waals surface area (Å²) < 4.78 is 1.92. The Morgan fingerprint density at radius 1 is 1.62 bits per heavy atom. The summed E-state index contributed by atoms with van der Waals surface area (Å²) in [5.41, 5.74) is 0. The van der Waals surface area contributed by atoms with Gasteiger partial charge in [0.25, 0.3) is 0 Å². The van der Waals surface area contributed by atoms with Gasteiger partial charge in [0.1, 0.15) is 12.2 Å². The molecule has 1 aromatic heterocycles. The minimum absolute atomic E-state index is 0.744. The Bertz CT molecular complexity index is 305. The fraction of sp³-hybridized carbons (Fsp3) is 0.556. The number of nitrogens with zero attached hydrogens (tertiary/aromatic N) is 3. The summed E-state index contributed by atoms with van der Waals surface area (Å²) in [5.74, 6) is 6.76. The standard InChI is InChI=1S/C9H14N4/c1-3-4-6-10-7-5-9-12-11-8-13(9)2/h8,10H,5-7H2,1-2H3. The summed E-state index contributed by atoms with van der Waals surface area (Å²) in [6.07, 6.45) is 2.60. The van der Waals surface area contributed by atoms with Crippen molar-refractivity contribution < 1.29 is 0 Å². The molecule has 0 bridgehead atoms. The summed E-state index contributed by atoms with van der Waals surface area (Å²) in [6.45, 7) is 3.47. The molecule has 0 aromatic carbocycles. The zero-order valence-corrected chi connectivity index (χ0v) is 8.04. The Hall–Kier alpha value is -1.34. The van der Waals surface area contributed by atoms with E-state index in [9.17, 15) is 0 Å². The summed E-state index contributed by atoms with van der Waals surface area (Å²) >= 11 is 0. The second-order valence-electron chi connectivity index (χ2n) is 2.71. The molecule has 4 nitrogen and oxygen atoms in total.